The Bertz CT molecular complexity index is 440. The molecule has 90 valence electrons. The smallest absolute Gasteiger partial charge is 0.175 e. The fourth-order valence-corrected chi connectivity index (χ4v) is 2.55. The minimum atomic E-state index is -3.12. The maximum Gasteiger partial charge on any atom is 0.175 e. The fourth-order valence-electron chi connectivity index (χ4n) is 1.46. The summed E-state index contributed by atoms with van der Waals surface area (Å²) >= 11 is 5.87. The van der Waals surface area contributed by atoms with Gasteiger partial charge < -0.3 is 4.90 Å². The van der Waals surface area contributed by atoms with E-state index in [-0.39, 0.29) is 6.04 Å². The number of nitrogens with zero attached hydrogens (tertiary/aromatic N) is 1. The van der Waals surface area contributed by atoms with E-state index in [9.17, 15) is 8.42 Å². The average Bonchev–Trinajstić information content (AvgIpc) is 2.17. The van der Waals surface area contributed by atoms with Gasteiger partial charge >= 0.3 is 0 Å². The van der Waals surface area contributed by atoms with Crippen LogP contribution in [0.2, 0.25) is 0 Å². The number of benzene rings is 1. The van der Waals surface area contributed by atoms with Crippen LogP contribution in [0.4, 0.5) is 0 Å². The van der Waals surface area contributed by atoms with E-state index in [4.69, 9.17) is 11.6 Å². The Morgan fingerprint density at radius 2 is 1.75 bits per heavy atom. The molecule has 0 N–H and O–H groups in total. The molecule has 1 unspecified atom stereocenters. The number of halogens is 1. The van der Waals surface area contributed by atoms with Crippen molar-refractivity contribution in [1.29, 1.82) is 0 Å². The average molecular weight is 262 g/mol. The van der Waals surface area contributed by atoms with Gasteiger partial charge in [-0.3, -0.25) is 0 Å². The highest BCUT2D eigenvalue weighted by Gasteiger charge is 2.13. The van der Waals surface area contributed by atoms with Crippen LogP contribution in [0, 0.1) is 0 Å². The molecule has 0 radical (unpaired) electrons. The zero-order valence-electron chi connectivity index (χ0n) is 9.64. The van der Waals surface area contributed by atoms with Crippen LogP contribution in [0.5, 0.6) is 0 Å². The summed E-state index contributed by atoms with van der Waals surface area (Å²) in [6.45, 7) is 0. The number of rotatable bonds is 4. The largest absolute Gasteiger partial charge is 0.301 e. The third-order valence-corrected chi connectivity index (χ3v) is 3.88. The Labute approximate surface area is 102 Å². The third-order valence-electron chi connectivity index (χ3n) is 2.46. The molecular formula is C11H16ClNO2S. The summed E-state index contributed by atoms with van der Waals surface area (Å²) in [5, 5.41) is 0. The van der Waals surface area contributed by atoms with E-state index in [1.807, 2.05) is 31.1 Å². The second-order valence-corrected chi connectivity index (χ2v) is 6.30. The molecule has 1 aromatic rings. The molecule has 0 aliphatic heterocycles. The fraction of sp³-hybridized carbons (Fsp3) is 0.455. The molecule has 0 heterocycles. The molecule has 1 atom stereocenters. The van der Waals surface area contributed by atoms with Crippen LogP contribution < -0.4 is 0 Å². The molecule has 0 amide bonds. The lowest BCUT2D eigenvalue weighted by Gasteiger charge is -2.22. The van der Waals surface area contributed by atoms with Gasteiger partial charge in [-0.25, -0.2) is 8.42 Å². The van der Waals surface area contributed by atoms with Crippen LogP contribution in [-0.2, 0) is 9.84 Å². The van der Waals surface area contributed by atoms with Crippen molar-refractivity contribution in [2.45, 2.75) is 10.9 Å². The molecule has 0 aliphatic carbocycles. The Balaban J connectivity index is 3.03. The van der Waals surface area contributed by atoms with Gasteiger partial charge in [0.05, 0.1) is 4.90 Å². The van der Waals surface area contributed by atoms with Crippen LogP contribution in [0.25, 0.3) is 0 Å². The SMILES string of the molecule is CN(C)C(CCl)c1ccc(S(C)(=O)=O)cc1. The van der Waals surface area contributed by atoms with E-state index in [0.717, 1.165) is 5.56 Å². The first-order valence-corrected chi connectivity index (χ1v) is 7.31. The van der Waals surface area contributed by atoms with Gasteiger partial charge in [-0.1, -0.05) is 12.1 Å². The Morgan fingerprint density at radius 1 is 1.25 bits per heavy atom. The van der Waals surface area contributed by atoms with Gasteiger partial charge in [-0.2, -0.15) is 0 Å². The molecule has 1 aromatic carbocycles. The molecule has 0 aliphatic rings. The molecule has 0 fully saturated rings. The zero-order chi connectivity index (χ0) is 12.3. The molecule has 0 saturated carbocycles. The standard InChI is InChI=1S/C11H16ClNO2S/c1-13(2)11(8-12)9-4-6-10(7-5-9)16(3,14)15/h4-7,11H,8H2,1-3H3. The lowest BCUT2D eigenvalue weighted by molar-refractivity contribution is 0.324. The van der Waals surface area contributed by atoms with E-state index in [0.29, 0.717) is 10.8 Å². The predicted molar refractivity (Wildman–Crippen MR) is 66.7 cm³/mol. The van der Waals surface area contributed by atoms with Crippen LogP contribution in [0.15, 0.2) is 29.2 Å². The van der Waals surface area contributed by atoms with Crippen molar-refractivity contribution < 1.29 is 8.42 Å². The van der Waals surface area contributed by atoms with E-state index in [1.54, 1.807) is 12.1 Å². The van der Waals surface area contributed by atoms with Gasteiger partial charge in [-0.15, -0.1) is 11.6 Å². The normalized spacial score (nSPS) is 14.1. The van der Waals surface area contributed by atoms with Crippen molar-refractivity contribution in [2.24, 2.45) is 0 Å². The van der Waals surface area contributed by atoms with E-state index >= 15 is 0 Å². The van der Waals surface area contributed by atoms with Gasteiger partial charge in [0, 0.05) is 18.2 Å². The monoisotopic (exact) mass is 261 g/mol. The lowest BCUT2D eigenvalue weighted by atomic mass is 10.1. The quantitative estimate of drug-likeness (QED) is 0.778. The molecular weight excluding hydrogens is 246 g/mol. The van der Waals surface area contributed by atoms with Crippen molar-refractivity contribution in [1.82, 2.24) is 4.90 Å². The molecule has 5 heteroatoms. The molecule has 0 saturated heterocycles. The summed E-state index contributed by atoms with van der Waals surface area (Å²) in [7, 11) is 0.765. The maximum atomic E-state index is 11.3. The highest BCUT2D eigenvalue weighted by Crippen LogP contribution is 2.21. The maximum absolute atomic E-state index is 11.3. The number of sulfone groups is 1. The first kappa shape index (κ1) is 13.5. The van der Waals surface area contributed by atoms with Crippen molar-refractivity contribution in [2.75, 3.05) is 26.2 Å². The molecule has 0 bridgehead atoms. The summed E-state index contributed by atoms with van der Waals surface area (Å²) in [5.74, 6) is 0.477. The van der Waals surface area contributed by atoms with Gasteiger partial charge in [0.25, 0.3) is 0 Å². The van der Waals surface area contributed by atoms with Crippen molar-refractivity contribution >= 4 is 21.4 Å². The van der Waals surface area contributed by atoms with Crippen LogP contribution >= 0.6 is 11.6 Å². The van der Waals surface area contributed by atoms with Crippen LogP contribution in [-0.4, -0.2) is 39.5 Å². The summed E-state index contributed by atoms with van der Waals surface area (Å²) in [6, 6.07) is 6.96. The topological polar surface area (TPSA) is 37.4 Å². The van der Waals surface area contributed by atoms with Crippen molar-refractivity contribution in [3.63, 3.8) is 0 Å². The molecule has 1 rings (SSSR count). The number of hydrogen-bond acceptors (Lipinski definition) is 3. The van der Waals surface area contributed by atoms with Gasteiger partial charge in [0.15, 0.2) is 9.84 Å². The van der Waals surface area contributed by atoms with E-state index in [2.05, 4.69) is 0 Å². The van der Waals surface area contributed by atoms with E-state index in [1.165, 1.54) is 6.26 Å². The summed E-state index contributed by atoms with van der Waals surface area (Å²) in [5.41, 5.74) is 1.02. The summed E-state index contributed by atoms with van der Waals surface area (Å²) in [4.78, 5) is 2.34. The van der Waals surface area contributed by atoms with Crippen molar-refractivity contribution in [3.05, 3.63) is 29.8 Å². The minimum Gasteiger partial charge on any atom is -0.301 e. The van der Waals surface area contributed by atoms with Gasteiger partial charge in [-0.05, 0) is 31.8 Å². The number of alkyl halides is 1. The van der Waals surface area contributed by atoms with E-state index < -0.39 is 9.84 Å². The zero-order valence-corrected chi connectivity index (χ0v) is 11.2. The first-order chi connectivity index (χ1) is 7.36. The van der Waals surface area contributed by atoms with Gasteiger partial charge in [0.1, 0.15) is 0 Å². The van der Waals surface area contributed by atoms with Crippen LogP contribution in [0.1, 0.15) is 11.6 Å². The second-order valence-electron chi connectivity index (χ2n) is 3.97. The Kier molecular flexibility index (Phi) is 4.35. The highest BCUT2D eigenvalue weighted by atomic mass is 35.5. The van der Waals surface area contributed by atoms with Crippen LogP contribution in [0.3, 0.4) is 0 Å². The molecule has 16 heavy (non-hydrogen) atoms. The first-order valence-electron chi connectivity index (χ1n) is 4.88. The second kappa shape index (κ2) is 5.17. The summed E-state index contributed by atoms with van der Waals surface area (Å²) < 4.78 is 22.6. The lowest BCUT2D eigenvalue weighted by Crippen LogP contribution is -2.21. The Hall–Kier alpha value is -0.580. The summed E-state index contributed by atoms with van der Waals surface area (Å²) in [6.07, 6.45) is 1.20. The van der Waals surface area contributed by atoms with Gasteiger partial charge in [0.2, 0.25) is 0 Å². The molecule has 0 spiro atoms. The predicted octanol–water partition coefficient (Wildman–Crippen LogP) is 1.93. The molecule has 3 nitrogen and oxygen atoms in total. The molecule has 0 aromatic heterocycles. The minimum absolute atomic E-state index is 0.107. The highest BCUT2D eigenvalue weighted by molar-refractivity contribution is 7.90. The van der Waals surface area contributed by atoms with Crippen molar-refractivity contribution in [3.8, 4) is 0 Å². The third kappa shape index (κ3) is 3.20. The Morgan fingerprint density at radius 3 is 2.06 bits per heavy atom. The number of hydrogen-bond donors (Lipinski definition) is 0.